The molecule has 96 valence electrons. The molecule has 0 aromatic rings. The van der Waals surface area contributed by atoms with E-state index in [0.717, 1.165) is 38.2 Å². The van der Waals surface area contributed by atoms with Crippen LogP contribution >= 0.6 is 11.6 Å². The van der Waals surface area contributed by atoms with Gasteiger partial charge in [0.25, 0.3) is 0 Å². The minimum Gasteiger partial charge on any atom is -0.389 e. The molecule has 1 N–H and O–H groups in total. The predicted molar refractivity (Wildman–Crippen MR) is 70.1 cm³/mol. The zero-order valence-corrected chi connectivity index (χ0v) is 11.3. The largest absolute Gasteiger partial charge is 0.389 e. The Morgan fingerprint density at radius 1 is 1.12 bits per heavy atom. The van der Waals surface area contributed by atoms with Gasteiger partial charge in [-0.3, -0.25) is 0 Å². The highest BCUT2D eigenvalue weighted by molar-refractivity contribution is 6.17. The number of alkyl halides is 1. The fourth-order valence-electron chi connectivity index (χ4n) is 2.60. The molecule has 0 aromatic carbocycles. The second kappa shape index (κ2) is 7.52. The summed E-state index contributed by atoms with van der Waals surface area (Å²) in [6.45, 7) is 1.95. The van der Waals surface area contributed by atoms with Crippen molar-refractivity contribution in [3.8, 4) is 0 Å². The first kappa shape index (κ1) is 14.3. The molecule has 0 bridgehead atoms. The third-order valence-electron chi connectivity index (χ3n) is 3.52. The van der Waals surface area contributed by atoms with Crippen molar-refractivity contribution in [2.75, 3.05) is 26.0 Å². The molecule has 1 fully saturated rings. The Labute approximate surface area is 105 Å². The van der Waals surface area contributed by atoms with Crippen molar-refractivity contribution in [3.63, 3.8) is 0 Å². The Morgan fingerprint density at radius 2 is 1.75 bits per heavy atom. The lowest BCUT2D eigenvalue weighted by Crippen LogP contribution is -2.39. The number of hydrogen-bond acceptors (Lipinski definition) is 2. The average Bonchev–Trinajstić information content (AvgIpc) is 2.64. The van der Waals surface area contributed by atoms with E-state index in [1.807, 2.05) is 0 Å². The molecular weight excluding hydrogens is 222 g/mol. The van der Waals surface area contributed by atoms with Crippen LogP contribution in [0.4, 0.5) is 0 Å². The number of halogens is 1. The van der Waals surface area contributed by atoms with Crippen LogP contribution in [-0.4, -0.2) is 41.6 Å². The van der Waals surface area contributed by atoms with E-state index in [1.165, 1.54) is 32.1 Å². The molecule has 16 heavy (non-hydrogen) atoms. The highest BCUT2D eigenvalue weighted by Gasteiger charge is 2.31. The Hall–Kier alpha value is 0.210. The van der Waals surface area contributed by atoms with Crippen LogP contribution in [0.25, 0.3) is 0 Å². The second-order valence-electron chi connectivity index (χ2n) is 5.27. The lowest BCUT2D eigenvalue weighted by molar-refractivity contribution is 0.0161. The summed E-state index contributed by atoms with van der Waals surface area (Å²) in [5, 5.41) is 10.2. The maximum Gasteiger partial charge on any atom is 0.0774 e. The van der Waals surface area contributed by atoms with E-state index in [0.29, 0.717) is 0 Å². The molecule has 1 aliphatic carbocycles. The van der Waals surface area contributed by atoms with Crippen LogP contribution in [0.15, 0.2) is 0 Å². The van der Waals surface area contributed by atoms with Gasteiger partial charge in [-0.05, 0) is 39.3 Å². The third kappa shape index (κ3) is 5.51. The molecule has 1 saturated carbocycles. The van der Waals surface area contributed by atoms with Crippen molar-refractivity contribution in [2.24, 2.45) is 0 Å². The summed E-state index contributed by atoms with van der Waals surface area (Å²) in [6, 6.07) is 0. The van der Waals surface area contributed by atoms with Crippen LogP contribution in [0, 0.1) is 0 Å². The predicted octanol–water partition coefficient (Wildman–Crippen LogP) is 3.02. The summed E-state index contributed by atoms with van der Waals surface area (Å²) in [5.41, 5.74) is -0.384. The van der Waals surface area contributed by atoms with Gasteiger partial charge in [-0.2, -0.15) is 0 Å². The molecule has 3 heteroatoms. The summed E-state index contributed by atoms with van der Waals surface area (Å²) < 4.78 is 0. The first-order chi connectivity index (χ1) is 7.66. The molecule has 0 aromatic heterocycles. The number of hydrogen-bond donors (Lipinski definition) is 1. The Bertz CT molecular complexity index is 181. The molecule has 2 nitrogen and oxygen atoms in total. The minimum absolute atomic E-state index is 0.384. The number of nitrogens with zero attached hydrogens (tertiary/aromatic N) is 1. The highest BCUT2D eigenvalue weighted by atomic mass is 35.5. The van der Waals surface area contributed by atoms with E-state index >= 15 is 0 Å². The van der Waals surface area contributed by atoms with Crippen LogP contribution in [0.1, 0.15) is 51.4 Å². The van der Waals surface area contributed by atoms with Gasteiger partial charge >= 0.3 is 0 Å². The average molecular weight is 248 g/mol. The van der Waals surface area contributed by atoms with Gasteiger partial charge in [0.15, 0.2) is 0 Å². The zero-order chi connectivity index (χ0) is 11.9. The topological polar surface area (TPSA) is 23.5 Å². The van der Waals surface area contributed by atoms with Crippen molar-refractivity contribution in [1.29, 1.82) is 0 Å². The van der Waals surface area contributed by atoms with E-state index in [9.17, 15) is 5.11 Å². The molecule has 0 saturated heterocycles. The Balaban J connectivity index is 2.04. The van der Waals surface area contributed by atoms with Crippen molar-refractivity contribution in [1.82, 2.24) is 4.90 Å². The van der Waals surface area contributed by atoms with Crippen LogP contribution in [-0.2, 0) is 0 Å². The Kier molecular flexibility index (Phi) is 6.71. The molecule has 0 spiro atoms. The molecule has 0 heterocycles. The monoisotopic (exact) mass is 247 g/mol. The van der Waals surface area contributed by atoms with Gasteiger partial charge in [-0.1, -0.05) is 25.7 Å². The zero-order valence-electron chi connectivity index (χ0n) is 10.6. The summed E-state index contributed by atoms with van der Waals surface area (Å²) in [5.74, 6) is 0.787. The lowest BCUT2D eigenvalue weighted by Gasteiger charge is -2.28. The molecule has 1 aliphatic rings. The first-order valence-electron chi connectivity index (χ1n) is 6.63. The van der Waals surface area contributed by atoms with Gasteiger partial charge in [0.2, 0.25) is 0 Å². The quantitative estimate of drug-likeness (QED) is 0.527. The van der Waals surface area contributed by atoms with E-state index in [1.54, 1.807) is 0 Å². The van der Waals surface area contributed by atoms with Crippen LogP contribution in [0.2, 0.25) is 0 Å². The van der Waals surface area contributed by atoms with Gasteiger partial charge in [0.05, 0.1) is 5.60 Å². The minimum atomic E-state index is -0.384. The summed E-state index contributed by atoms with van der Waals surface area (Å²) in [6.07, 6.45) is 9.23. The molecular formula is C13H26ClNO. The van der Waals surface area contributed by atoms with Crippen molar-refractivity contribution < 1.29 is 5.11 Å². The second-order valence-corrected chi connectivity index (χ2v) is 5.65. The molecule has 0 unspecified atom stereocenters. The summed E-state index contributed by atoms with van der Waals surface area (Å²) >= 11 is 5.63. The Morgan fingerprint density at radius 3 is 2.38 bits per heavy atom. The molecule has 0 atom stereocenters. The van der Waals surface area contributed by atoms with Crippen LogP contribution in [0.3, 0.4) is 0 Å². The number of rotatable bonds is 8. The molecule has 0 amide bonds. The molecule has 0 radical (unpaired) electrons. The number of unbranched alkanes of at least 4 members (excludes halogenated alkanes) is 3. The third-order valence-corrected chi connectivity index (χ3v) is 3.79. The standard InChI is InChI=1S/C13H26ClNO/c1-15(11-7-3-2-6-10-14)12-13(16)8-4-5-9-13/h16H,2-12H2,1H3. The highest BCUT2D eigenvalue weighted by Crippen LogP contribution is 2.29. The van der Waals surface area contributed by atoms with Crippen LogP contribution < -0.4 is 0 Å². The SMILES string of the molecule is CN(CCCCCCCl)CC1(O)CCCC1. The van der Waals surface area contributed by atoms with E-state index < -0.39 is 0 Å². The fourth-order valence-corrected chi connectivity index (χ4v) is 2.79. The van der Waals surface area contributed by atoms with Crippen molar-refractivity contribution in [2.45, 2.75) is 57.0 Å². The maximum absolute atomic E-state index is 10.2. The van der Waals surface area contributed by atoms with Crippen molar-refractivity contribution in [3.05, 3.63) is 0 Å². The summed E-state index contributed by atoms with van der Waals surface area (Å²) in [7, 11) is 2.12. The lowest BCUT2D eigenvalue weighted by atomic mass is 10.0. The normalized spacial score (nSPS) is 19.5. The first-order valence-corrected chi connectivity index (χ1v) is 7.17. The maximum atomic E-state index is 10.2. The summed E-state index contributed by atoms with van der Waals surface area (Å²) in [4.78, 5) is 2.28. The van der Waals surface area contributed by atoms with Gasteiger partial charge in [-0.15, -0.1) is 11.6 Å². The number of aliphatic hydroxyl groups is 1. The van der Waals surface area contributed by atoms with E-state index in [4.69, 9.17) is 11.6 Å². The van der Waals surface area contributed by atoms with Crippen LogP contribution in [0.5, 0.6) is 0 Å². The van der Waals surface area contributed by atoms with Gasteiger partial charge in [-0.25, -0.2) is 0 Å². The number of likely N-dealkylation sites (N-methyl/N-ethyl adjacent to an activating group) is 1. The van der Waals surface area contributed by atoms with Gasteiger partial charge < -0.3 is 10.0 Å². The fraction of sp³-hybridized carbons (Fsp3) is 1.00. The van der Waals surface area contributed by atoms with Crippen molar-refractivity contribution >= 4 is 11.6 Å². The van der Waals surface area contributed by atoms with Gasteiger partial charge in [0.1, 0.15) is 0 Å². The van der Waals surface area contributed by atoms with E-state index in [-0.39, 0.29) is 5.60 Å². The van der Waals surface area contributed by atoms with E-state index in [2.05, 4.69) is 11.9 Å². The molecule has 1 rings (SSSR count). The molecule has 0 aliphatic heterocycles. The smallest absolute Gasteiger partial charge is 0.0774 e. The van der Waals surface area contributed by atoms with Gasteiger partial charge in [0, 0.05) is 12.4 Å².